The van der Waals surface area contributed by atoms with Gasteiger partial charge in [0.15, 0.2) is 10.8 Å². The van der Waals surface area contributed by atoms with Crippen LogP contribution in [0.4, 0.5) is 5.82 Å². The molecular weight excluding hydrogens is 378 g/mol. The third-order valence-corrected chi connectivity index (χ3v) is 4.31. The average molecular weight is 397 g/mol. The Kier molecular flexibility index (Phi) is 5.11. The highest BCUT2D eigenvalue weighted by Gasteiger charge is 2.21. The van der Waals surface area contributed by atoms with E-state index in [0.717, 1.165) is 18.4 Å². The van der Waals surface area contributed by atoms with Gasteiger partial charge < -0.3 is 15.4 Å². The summed E-state index contributed by atoms with van der Waals surface area (Å²) in [7, 11) is 0. The van der Waals surface area contributed by atoms with Crippen LogP contribution in [0.25, 0.3) is 22.4 Å². The van der Waals surface area contributed by atoms with E-state index in [4.69, 9.17) is 17.0 Å². The molecule has 0 bridgehead atoms. The summed E-state index contributed by atoms with van der Waals surface area (Å²) in [5.74, 6) is 0.269. The number of thiocarbonyl (C=S) groups is 1. The summed E-state index contributed by atoms with van der Waals surface area (Å²) in [6, 6.07) is 4.12. The molecule has 0 atom stereocenters. The molecule has 3 aromatic heterocycles. The molecule has 1 aliphatic carbocycles. The van der Waals surface area contributed by atoms with Crippen LogP contribution in [0.2, 0.25) is 0 Å². The monoisotopic (exact) mass is 397 g/mol. The lowest BCUT2D eigenvalue weighted by Crippen LogP contribution is -2.30. The summed E-state index contributed by atoms with van der Waals surface area (Å²) >= 11 is 5.29. The predicted octanol–water partition coefficient (Wildman–Crippen LogP) is 1.90. The van der Waals surface area contributed by atoms with Crippen molar-refractivity contribution in [3.05, 3.63) is 30.7 Å². The minimum Gasteiger partial charge on any atom is -0.465 e. The molecule has 0 amide bonds. The quantitative estimate of drug-likeness (QED) is 0.476. The molecule has 0 aromatic carbocycles. The van der Waals surface area contributed by atoms with Gasteiger partial charge in [0.2, 0.25) is 0 Å². The predicted molar refractivity (Wildman–Crippen MR) is 108 cm³/mol. The number of carbonyl (C=O) groups excluding carboxylic acids is 1. The third kappa shape index (κ3) is 4.39. The topological polar surface area (TPSA) is 107 Å². The lowest BCUT2D eigenvalue weighted by atomic mass is 10.2. The van der Waals surface area contributed by atoms with E-state index in [0.29, 0.717) is 40.4 Å². The van der Waals surface area contributed by atoms with Crippen LogP contribution in [-0.2, 0) is 16.1 Å². The summed E-state index contributed by atoms with van der Waals surface area (Å²) in [5, 5.41) is 11.0. The van der Waals surface area contributed by atoms with Crippen LogP contribution in [0.5, 0.6) is 0 Å². The number of ether oxygens (including phenoxy) is 1. The van der Waals surface area contributed by atoms with Crippen molar-refractivity contribution in [3.63, 3.8) is 0 Å². The van der Waals surface area contributed by atoms with E-state index in [1.54, 1.807) is 25.5 Å². The second-order valence-electron chi connectivity index (χ2n) is 6.40. The molecule has 0 aliphatic heterocycles. The molecule has 4 rings (SSSR count). The lowest BCUT2D eigenvalue weighted by Gasteiger charge is -2.09. The molecule has 0 unspecified atom stereocenters. The molecule has 0 saturated heterocycles. The number of nitrogens with zero attached hydrogens (tertiary/aromatic N) is 5. The number of carbonyl (C=O) groups is 1. The zero-order valence-corrected chi connectivity index (χ0v) is 16.1. The molecule has 2 N–H and O–H groups in total. The van der Waals surface area contributed by atoms with E-state index >= 15 is 0 Å². The lowest BCUT2D eigenvalue weighted by molar-refractivity contribution is -0.144. The zero-order chi connectivity index (χ0) is 19.5. The number of pyridine rings is 1. The second kappa shape index (κ2) is 7.85. The summed E-state index contributed by atoms with van der Waals surface area (Å²) in [5.41, 5.74) is 2.53. The Labute approximate surface area is 166 Å². The van der Waals surface area contributed by atoms with Gasteiger partial charge in [0.05, 0.1) is 24.7 Å². The Bertz CT molecular complexity index is 1030. The molecule has 1 fully saturated rings. The fraction of sp³-hybridized carbons (Fsp3) is 0.333. The Balaban J connectivity index is 1.52. The van der Waals surface area contributed by atoms with Gasteiger partial charge in [0.25, 0.3) is 0 Å². The van der Waals surface area contributed by atoms with Gasteiger partial charge in [0.1, 0.15) is 17.9 Å². The van der Waals surface area contributed by atoms with Crippen LogP contribution in [0.15, 0.2) is 30.7 Å². The number of hydrogen-bond donors (Lipinski definition) is 2. The van der Waals surface area contributed by atoms with Crippen LogP contribution in [0, 0.1) is 0 Å². The van der Waals surface area contributed by atoms with Crippen molar-refractivity contribution in [3.8, 4) is 11.3 Å². The summed E-state index contributed by atoms with van der Waals surface area (Å²) in [4.78, 5) is 25.1. The van der Waals surface area contributed by atoms with Crippen molar-refractivity contribution in [2.75, 3.05) is 11.9 Å². The Morgan fingerprint density at radius 2 is 2.18 bits per heavy atom. The number of rotatable bonds is 6. The van der Waals surface area contributed by atoms with Crippen LogP contribution in [-0.4, -0.2) is 48.5 Å². The van der Waals surface area contributed by atoms with Crippen LogP contribution >= 0.6 is 12.2 Å². The summed E-state index contributed by atoms with van der Waals surface area (Å²) < 4.78 is 6.44. The highest BCUT2D eigenvalue weighted by molar-refractivity contribution is 7.80. The fourth-order valence-electron chi connectivity index (χ4n) is 2.59. The average Bonchev–Trinajstić information content (AvgIpc) is 3.36. The second-order valence-corrected chi connectivity index (χ2v) is 6.81. The Morgan fingerprint density at radius 1 is 1.32 bits per heavy atom. The van der Waals surface area contributed by atoms with Gasteiger partial charge in [-0.1, -0.05) is 0 Å². The first-order valence-corrected chi connectivity index (χ1v) is 9.41. The van der Waals surface area contributed by atoms with E-state index in [1.165, 1.54) is 4.68 Å². The van der Waals surface area contributed by atoms with Crippen molar-refractivity contribution >= 4 is 40.3 Å². The number of anilines is 1. The number of nitrogens with one attached hydrogen (secondary N) is 2. The van der Waals surface area contributed by atoms with E-state index < -0.39 is 0 Å². The van der Waals surface area contributed by atoms with Gasteiger partial charge in [-0.3, -0.25) is 14.5 Å². The minimum absolute atomic E-state index is 0.0482. The molecule has 10 heteroatoms. The van der Waals surface area contributed by atoms with Gasteiger partial charge in [-0.25, -0.2) is 9.97 Å². The first-order valence-electron chi connectivity index (χ1n) is 9.00. The fourth-order valence-corrected chi connectivity index (χ4v) is 2.86. The van der Waals surface area contributed by atoms with Crippen molar-refractivity contribution in [2.24, 2.45) is 0 Å². The van der Waals surface area contributed by atoms with Gasteiger partial charge in [-0.2, -0.15) is 5.10 Å². The Morgan fingerprint density at radius 3 is 2.96 bits per heavy atom. The van der Waals surface area contributed by atoms with Gasteiger partial charge >= 0.3 is 5.97 Å². The largest absolute Gasteiger partial charge is 0.465 e. The van der Waals surface area contributed by atoms with Crippen LogP contribution in [0.3, 0.4) is 0 Å². The van der Waals surface area contributed by atoms with Crippen molar-refractivity contribution in [2.45, 2.75) is 32.4 Å². The number of aromatic nitrogens is 5. The highest BCUT2D eigenvalue weighted by atomic mass is 32.1. The normalized spacial score (nSPS) is 13.3. The maximum absolute atomic E-state index is 11.6. The van der Waals surface area contributed by atoms with Crippen LogP contribution in [0.1, 0.15) is 19.8 Å². The molecule has 144 valence electrons. The van der Waals surface area contributed by atoms with Gasteiger partial charge in [0, 0.05) is 17.8 Å². The first kappa shape index (κ1) is 18.2. The SMILES string of the molecule is CCOC(=O)Cn1cc(-c2cnc3ccc(NC(=S)NC4CC4)nc3n2)cn1. The Hall–Kier alpha value is -3.14. The van der Waals surface area contributed by atoms with Gasteiger partial charge in [-0.15, -0.1) is 0 Å². The first-order chi connectivity index (χ1) is 13.6. The van der Waals surface area contributed by atoms with Gasteiger partial charge in [-0.05, 0) is 44.1 Å². The molecule has 1 saturated carbocycles. The number of fused-ring (bicyclic) bond motifs is 1. The van der Waals surface area contributed by atoms with Crippen molar-refractivity contribution < 1.29 is 9.53 Å². The molecule has 0 radical (unpaired) electrons. The number of esters is 1. The van der Waals surface area contributed by atoms with E-state index in [2.05, 4.69) is 30.7 Å². The summed E-state index contributed by atoms with van der Waals surface area (Å²) in [6.07, 6.45) is 7.30. The molecule has 1 aliphatic rings. The molecule has 3 heterocycles. The molecule has 9 nitrogen and oxygen atoms in total. The van der Waals surface area contributed by atoms with Crippen LogP contribution < -0.4 is 10.6 Å². The molecule has 28 heavy (non-hydrogen) atoms. The molecule has 0 spiro atoms. The summed E-state index contributed by atoms with van der Waals surface area (Å²) in [6.45, 7) is 2.15. The van der Waals surface area contributed by atoms with E-state index in [9.17, 15) is 4.79 Å². The highest BCUT2D eigenvalue weighted by Crippen LogP contribution is 2.20. The smallest absolute Gasteiger partial charge is 0.327 e. The standard InChI is InChI=1S/C18H19N7O2S/c1-2-27-16(26)10-25-9-11(7-20-25)14-8-19-13-5-6-15(23-17(13)22-14)24-18(28)21-12-3-4-12/h5-9,12H,2-4,10H2,1H3,(H2,21,22,23,24,28). The van der Waals surface area contributed by atoms with E-state index in [-0.39, 0.29) is 12.5 Å². The maximum Gasteiger partial charge on any atom is 0.327 e. The van der Waals surface area contributed by atoms with Crippen molar-refractivity contribution in [1.82, 2.24) is 30.0 Å². The third-order valence-electron chi connectivity index (χ3n) is 4.09. The minimum atomic E-state index is -0.338. The van der Waals surface area contributed by atoms with E-state index in [1.807, 2.05) is 12.1 Å². The number of hydrogen-bond acceptors (Lipinski definition) is 7. The zero-order valence-electron chi connectivity index (χ0n) is 15.3. The van der Waals surface area contributed by atoms with Crippen molar-refractivity contribution in [1.29, 1.82) is 0 Å². The maximum atomic E-state index is 11.6. The molecule has 3 aromatic rings. The molecular formula is C18H19N7O2S.